The second-order valence-corrected chi connectivity index (χ2v) is 4.17. The van der Waals surface area contributed by atoms with Crippen LogP contribution in [-0.4, -0.2) is 11.0 Å². The van der Waals surface area contributed by atoms with Gasteiger partial charge in [0.1, 0.15) is 11.9 Å². The molecule has 15 heavy (non-hydrogen) atoms. The van der Waals surface area contributed by atoms with Crippen molar-refractivity contribution in [3.63, 3.8) is 0 Å². The summed E-state index contributed by atoms with van der Waals surface area (Å²) in [5, 5.41) is 12.0. The molecule has 78 valence electrons. The van der Waals surface area contributed by atoms with Crippen molar-refractivity contribution in [2.45, 2.75) is 32.2 Å². The van der Waals surface area contributed by atoms with Crippen LogP contribution >= 0.6 is 0 Å². The fraction of sp³-hybridized carbons (Fsp3) is 0.500. The minimum Gasteiger partial charge on any atom is -0.367 e. The molecule has 1 aliphatic carbocycles. The van der Waals surface area contributed by atoms with Crippen LogP contribution in [0.25, 0.3) is 0 Å². The van der Waals surface area contributed by atoms with Gasteiger partial charge in [0.15, 0.2) is 0 Å². The second kappa shape index (κ2) is 4.31. The van der Waals surface area contributed by atoms with Gasteiger partial charge in [-0.15, -0.1) is 0 Å². The molecule has 1 atom stereocenters. The maximum atomic E-state index is 8.64. The summed E-state index contributed by atoms with van der Waals surface area (Å²) in [5.74, 6) is 1.66. The summed E-state index contributed by atoms with van der Waals surface area (Å²) in [6.45, 7) is 2.20. The molecule has 1 aromatic rings. The average molecular weight is 201 g/mol. The molecule has 0 radical (unpaired) electrons. The van der Waals surface area contributed by atoms with Crippen LogP contribution in [-0.2, 0) is 0 Å². The Kier molecular flexibility index (Phi) is 2.86. The molecular formula is C12H15N3. The van der Waals surface area contributed by atoms with Crippen molar-refractivity contribution in [1.29, 1.82) is 5.26 Å². The molecule has 0 amide bonds. The van der Waals surface area contributed by atoms with E-state index in [1.54, 1.807) is 12.3 Å². The van der Waals surface area contributed by atoms with E-state index in [1.807, 2.05) is 6.07 Å². The number of nitrogens with one attached hydrogen (secondary N) is 1. The van der Waals surface area contributed by atoms with Crippen molar-refractivity contribution in [3.05, 3.63) is 23.9 Å². The van der Waals surface area contributed by atoms with E-state index in [-0.39, 0.29) is 0 Å². The first-order valence-electron chi connectivity index (χ1n) is 5.42. The molecule has 1 unspecified atom stereocenters. The quantitative estimate of drug-likeness (QED) is 0.817. The molecule has 1 N–H and O–H groups in total. The zero-order valence-electron chi connectivity index (χ0n) is 8.90. The third kappa shape index (κ3) is 2.27. The van der Waals surface area contributed by atoms with E-state index >= 15 is 0 Å². The maximum Gasteiger partial charge on any atom is 0.126 e. The van der Waals surface area contributed by atoms with Gasteiger partial charge in [-0.1, -0.05) is 6.42 Å². The van der Waals surface area contributed by atoms with Crippen molar-refractivity contribution in [3.8, 4) is 6.07 Å². The normalized spacial score (nSPS) is 17.6. The van der Waals surface area contributed by atoms with Gasteiger partial charge in [0.05, 0.1) is 5.56 Å². The first-order chi connectivity index (χ1) is 7.29. The van der Waals surface area contributed by atoms with Gasteiger partial charge in [-0.05, 0) is 37.8 Å². The van der Waals surface area contributed by atoms with Crippen LogP contribution in [0.2, 0.25) is 0 Å². The number of nitrogens with zero attached hydrogens (tertiary/aromatic N) is 2. The van der Waals surface area contributed by atoms with Gasteiger partial charge in [0.25, 0.3) is 0 Å². The lowest BCUT2D eigenvalue weighted by Gasteiger charge is -2.32. The molecule has 0 bridgehead atoms. The number of hydrogen-bond donors (Lipinski definition) is 1. The monoisotopic (exact) mass is 201 g/mol. The molecule has 3 nitrogen and oxygen atoms in total. The molecule has 0 aromatic carbocycles. The van der Waals surface area contributed by atoms with E-state index in [1.165, 1.54) is 19.3 Å². The second-order valence-electron chi connectivity index (χ2n) is 4.17. The lowest BCUT2D eigenvalue weighted by molar-refractivity contribution is 0.285. The van der Waals surface area contributed by atoms with Gasteiger partial charge in [0.2, 0.25) is 0 Å². The van der Waals surface area contributed by atoms with Gasteiger partial charge in [-0.3, -0.25) is 0 Å². The van der Waals surface area contributed by atoms with Gasteiger partial charge >= 0.3 is 0 Å². The molecule has 3 heteroatoms. The Labute approximate surface area is 90.1 Å². The van der Waals surface area contributed by atoms with Gasteiger partial charge in [-0.25, -0.2) is 4.98 Å². The molecular weight excluding hydrogens is 186 g/mol. The number of rotatable bonds is 3. The van der Waals surface area contributed by atoms with Crippen LogP contribution in [0.15, 0.2) is 18.3 Å². The summed E-state index contributed by atoms with van der Waals surface area (Å²) in [7, 11) is 0. The number of pyridine rings is 1. The predicted molar refractivity (Wildman–Crippen MR) is 59.4 cm³/mol. The fourth-order valence-corrected chi connectivity index (χ4v) is 1.84. The first kappa shape index (κ1) is 9.97. The van der Waals surface area contributed by atoms with Crippen LogP contribution in [0, 0.1) is 17.2 Å². The third-order valence-corrected chi connectivity index (χ3v) is 3.13. The minimum atomic E-state index is 0.485. The fourth-order valence-electron chi connectivity index (χ4n) is 1.84. The molecule has 0 spiro atoms. The molecule has 0 aliphatic heterocycles. The predicted octanol–water partition coefficient (Wildman–Crippen LogP) is 2.55. The zero-order valence-corrected chi connectivity index (χ0v) is 8.90. The van der Waals surface area contributed by atoms with E-state index < -0.39 is 0 Å². The minimum absolute atomic E-state index is 0.485. The smallest absolute Gasteiger partial charge is 0.126 e. The summed E-state index contributed by atoms with van der Waals surface area (Å²) in [4.78, 5) is 4.20. The lowest BCUT2D eigenvalue weighted by Crippen LogP contribution is -2.31. The average Bonchev–Trinajstić information content (AvgIpc) is 2.16. The number of anilines is 1. The Morgan fingerprint density at radius 2 is 2.33 bits per heavy atom. The highest BCUT2D eigenvalue weighted by Gasteiger charge is 2.23. The van der Waals surface area contributed by atoms with Crippen molar-refractivity contribution < 1.29 is 0 Å². The molecule has 1 aliphatic rings. The van der Waals surface area contributed by atoms with Crippen LogP contribution in [0.3, 0.4) is 0 Å². The van der Waals surface area contributed by atoms with Crippen LogP contribution in [0.4, 0.5) is 5.82 Å². The lowest BCUT2D eigenvalue weighted by atomic mass is 9.80. The van der Waals surface area contributed by atoms with Crippen molar-refractivity contribution in [2.75, 3.05) is 5.32 Å². The highest BCUT2D eigenvalue weighted by molar-refractivity contribution is 5.39. The third-order valence-electron chi connectivity index (χ3n) is 3.13. The summed E-state index contributed by atoms with van der Waals surface area (Å²) < 4.78 is 0. The Hall–Kier alpha value is -1.56. The van der Waals surface area contributed by atoms with E-state index in [0.717, 1.165) is 11.7 Å². The molecule has 2 rings (SSSR count). The highest BCUT2D eigenvalue weighted by Crippen LogP contribution is 2.30. The Morgan fingerprint density at radius 3 is 2.80 bits per heavy atom. The first-order valence-corrected chi connectivity index (χ1v) is 5.42. The molecule has 0 saturated heterocycles. The van der Waals surface area contributed by atoms with Crippen molar-refractivity contribution in [1.82, 2.24) is 4.98 Å². The Bertz CT molecular complexity index is 359. The SMILES string of the molecule is CC(Nc1ccc(C#N)cn1)C1CCC1. The molecule has 1 aromatic heterocycles. The highest BCUT2D eigenvalue weighted by atomic mass is 15.0. The number of hydrogen-bond acceptors (Lipinski definition) is 3. The van der Waals surface area contributed by atoms with Crippen molar-refractivity contribution >= 4 is 5.82 Å². The standard InChI is InChI=1S/C12H15N3/c1-9(11-3-2-4-11)15-12-6-5-10(7-13)8-14-12/h5-6,8-9,11H,2-4H2,1H3,(H,14,15). The van der Waals surface area contributed by atoms with Gasteiger partial charge in [-0.2, -0.15) is 5.26 Å². The van der Waals surface area contributed by atoms with Gasteiger partial charge < -0.3 is 5.32 Å². The van der Waals surface area contributed by atoms with Crippen LogP contribution in [0.1, 0.15) is 31.7 Å². The Morgan fingerprint density at radius 1 is 1.53 bits per heavy atom. The zero-order chi connectivity index (χ0) is 10.7. The molecule has 1 fully saturated rings. The largest absolute Gasteiger partial charge is 0.367 e. The molecule has 1 heterocycles. The topological polar surface area (TPSA) is 48.7 Å². The van der Waals surface area contributed by atoms with Crippen molar-refractivity contribution in [2.24, 2.45) is 5.92 Å². The van der Waals surface area contributed by atoms with E-state index in [2.05, 4.69) is 23.3 Å². The van der Waals surface area contributed by atoms with E-state index in [4.69, 9.17) is 5.26 Å². The van der Waals surface area contributed by atoms with E-state index in [0.29, 0.717) is 11.6 Å². The van der Waals surface area contributed by atoms with E-state index in [9.17, 15) is 0 Å². The Balaban J connectivity index is 1.95. The number of nitriles is 1. The summed E-state index contributed by atoms with van der Waals surface area (Å²) in [6.07, 6.45) is 5.61. The maximum absolute atomic E-state index is 8.64. The van der Waals surface area contributed by atoms with Gasteiger partial charge in [0, 0.05) is 12.2 Å². The summed E-state index contributed by atoms with van der Waals surface area (Å²) in [5.41, 5.74) is 0.608. The van der Waals surface area contributed by atoms with Crippen LogP contribution in [0.5, 0.6) is 0 Å². The summed E-state index contributed by atoms with van der Waals surface area (Å²) >= 11 is 0. The number of aromatic nitrogens is 1. The molecule has 1 saturated carbocycles. The summed E-state index contributed by atoms with van der Waals surface area (Å²) in [6, 6.07) is 6.21. The van der Waals surface area contributed by atoms with Crippen LogP contribution < -0.4 is 5.32 Å².